The zero-order chi connectivity index (χ0) is 16.4. The maximum atomic E-state index is 10.8. The highest BCUT2D eigenvalue weighted by Gasteiger charge is 2.19. The standard InChI is InChI=1S/C12H10Cl2N4O3S2/c13-8-5-7(18(19)20)6-9(14)10(8)22-12-16-15-11(23-12)17-1-3-21-4-2-17/h5-6H,1-4H2. The van der Waals surface area contributed by atoms with Crippen LogP contribution in [0.3, 0.4) is 0 Å². The lowest BCUT2D eigenvalue weighted by Gasteiger charge is -2.25. The molecule has 0 saturated carbocycles. The second-order valence-electron chi connectivity index (χ2n) is 4.55. The fourth-order valence-electron chi connectivity index (χ4n) is 1.96. The number of hydrogen-bond donors (Lipinski definition) is 0. The van der Waals surface area contributed by atoms with Crippen LogP contribution in [0.15, 0.2) is 21.4 Å². The Morgan fingerprint density at radius 1 is 1.26 bits per heavy atom. The molecule has 1 aromatic heterocycles. The molecule has 0 spiro atoms. The van der Waals surface area contributed by atoms with Crippen LogP contribution in [0.1, 0.15) is 0 Å². The molecule has 2 heterocycles. The maximum Gasteiger partial charge on any atom is 0.272 e. The molecule has 1 aliphatic rings. The molecule has 0 atom stereocenters. The number of hydrogen-bond acceptors (Lipinski definition) is 8. The lowest BCUT2D eigenvalue weighted by atomic mass is 10.3. The molecule has 0 unspecified atom stereocenters. The molecule has 2 aromatic rings. The number of anilines is 1. The van der Waals surface area contributed by atoms with Gasteiger partial charge in [0.2, 0.25) is 5.13 Å². The van der Waals surface area contributed by atoms with Crippen molar-refractivity contribution in [3.05, 3.63) is 32.3 Å². The average Bonchev–Trinajstić information content (AvgIpc) is 3.00. The topological polar surface area (TPSA) is 81.4 Å². The van der Waals surface area contributed by atoms with E-state index in [1.54, 1.807) is 0 Å². The van der Waals surface area contributed by atoms with Crippen LogP contribution in [0.25, 0.3) is 0 Å². The number of rotatable bonds is 4. The Morgan fingerprint density at radius 3 is 2.52 bits per heavy atom. The minimum atomic E-state index is -0.534. The van der Waals surface area contributed by atoms with Gasteiger partial charge in [-0.2, -0.15) is 0 Å². The fraction of sp³-hybridized carbons (Fsp3) is 0.333. The smallest absolute Gasteiger partial charge is 0.272 e. The van der Waals surface area contributed by atoms with Crippen LogP contribution in [-0.4, -0.2) is 41.4 Å². The van der Waals surface area contributed by atoms with Gasteiger partial charge < -0.3 is 9.64 Å². The van der Waals surface area contributed by atoms with E-state index < -0.39 is 4.92 Å². The Balaban J connectivity index is 1.79. The number of nitro groups is 1. The first kappa shape index (κ1) is 16.7. The first-order valence-electron chi connectivity index (χ1n) is 6.52. The number of morpholine rings is 1. The molecule has 7 nitrogen and oxygen atoms in total. The van der Waals surface area contributed by atoms with Gasteiger partial charge in [-0.25, -0.2) is 0 Å². The van der Waals surface area contributed by atoms with Crippen LogP contribution in [0.2, 0.25) is 10.0 Å². The lowest BCUT2D eigenvalue weighted by Crippen LogP contribution is -2.36. The van der Waals surface area contributed by atoms with Crippen LogP contribution in [-0.2, 0) is 4.74 Å². The molecule has 0 aliphatic carbocycles. The van der Waals surface area contributed by atoms with Gasteiger partial charge in [-0.1, -0.05) is 46.3 Å². The summed E-state index contributed by atoms with van der Waals surface area (Å²) >= 11 is 14.9. The van der Waals surface area contributed by atoms with E-state index in [0.717, 1.165) is 18.2 Å². The Kier molecular flexibility index (Phi) is 5.22. The molecule has 3 rings (SSSR count). The summed E-state index contributed by atoms with van der Waals surface area (Å²) in [4.78, 5) is 12.9. The van der Waals surface area contributed by atoms with Crippen molar-refractivity contribution in [3.8, 4) is 0 Å². The second-order valence-corrected chi connectivity index (χ2v) is 7.58. The highest BCUT2D eigenvalue weighted by molar-refractivity contribution is 8.01. The third-order valence-electron chi connectivity index (χ3n) is 3.06. The largest absolute Gasteiger partial charge is 0.378 e. The van der Waals surface area contributed by atoms with Crippen LogP contribution in [0.5, 0.6) is 0 Å². The third-order valence-corrected chi connectivity index (χ3v) is 6.06. The van der Waals surface area contributed by atoms with Crippen molar-refractivity contribution in [1.29, 1.82) is 0 Å². The predicted octanol–water partition coefficient (Wildman–Crippen LogP) is 3.74. The van der Waals surface area contributed by atoms with Crippen LogP contribution in [0.4, 0.5) is 10.8 Å². The van der Waals surface area contributed by atoms with Gasteiger partial charge in [0.05, 0.1) is 33.1 Å². The maximum absolute atomic E-state index is 10.8. The van der Waals surface area contributed by atoms with Crippen molar-refractivity contribution in [2.24, 2.45) is 0 Å². The Morgan fingerprint density at radius 2 is 1.91 bits per heavy atom. The summed E-state index contributed by atoms with van der Waals surface area (Å²) in [6, 6.07) is 2.55. The summed E-state index contributed by atoms with van der Waals surface area (Å²) in [6.45, 7) is 2.89. The minimum Gasteiger partial charge on any atom is -0.378 e. The summed E-state index contributed by atoms with van der Waals surface area (Å²) in [5.74, 6) is 0. The van der Waals surface area contributed by atoms with Crippen molar-refractivity contribution in [2.75, 3.05) is 31.2 Å². The van der Waals surface area contributed by atoms with E-state index in [1.165, 1.54) is 35.2 Å². The number of aromatic nitrogens is 2. The number of nitro benzene ring substituents is 1. The summed E-state index contributed by atoms with van der Waals surface area (Å²) in [5.41, 5.74) is -0.143. The Bertz CT molecular complexity index is 714. The van der Waals surface area contributed by atoms with Gasteiger partial charge in [0, 0.05) is 25.2 Å². The molecule has 11 heteroatoms. The van der Waals surface area contributed by atoms with Gasteiger partial charge in [-0.05, 0) is 0 Å². The third kappa shape index (κ3) is 3.86. The highest BCUT2D eigenvalue weighted by Crippen LogP contribution is 2.42. The summed E-state index contributed by atoms with van der Waals surface area (Å²) in [7, 11) is 0. The molecule has 0 N–H and O–H groups in total. The number of halogens is 2. The number of benzene rings is 1. The quantitative estimate of drug-likeness (QED) is 0.578. The zero-order valence-corrected chi connectivity index (χ0v) is 14.7. The SMILES string of the molecule is O=[N+]([O-])c1cc(Cl)c(Sc2nnc(N3CCOCC3)s2)c(Cl)c1. The van der Waals surface area contributed by atoms with E-state index in [2.05, 4.69) is 15.1 Å². The molecule has 1 aromatic carbocycles. The van der Waals surface area contributed by atoms with Crippen LogP contribution < -0.4 is 4.90 Å². The van der Waals surface area contributed by atoms with Crippen molar-refractivity contribution in [3.63, 3.8) is 0 Å². The van der Waals surface area contributed by atoms with E-state index >= 15 is 0 Å². The van der Waals surface area contributed by atoms with Crippen molar-refractivity contribution < 1.29 is 9.66 Å². The number of ether oxygens (including phenoxy) is 1. The highest BCUT2D eigenvalue weighted by atomic mass is 35.5. The zero-order valence-electron chi connectivity index (χ0n) is 11.6. The van der Waals surface area contributed by atoms with Gasteiger partial charge in [0.1, 0.15) is 0 Å². The monoisotopic (exact) mass is 392 g/mol. The Hall–Kier alpha value is -1.13. The molecule has 23 heavy (non-hydrogen) atoms. The molecule has 122 valence electrons. The van der Waals surface area contributed by atoms with E-state index in [1.807, 2.05) is 0 Å². The van der Waals surface area contributed by atoms with Gasteiger partial charge in [0.25, 0.3) is 5.69 Å². The molecule has 1 aliphatic heterocycles. The van der Waals surface area contributed by atoms with E-state index in [-0.39, 0.29) is 15.7 Å². The molecule has 0 radical (unpaired) electrons. The van der Waals surface area contributed by atoms with Gasteiger partial charge in [-0.15, -0.1) is 10.2 Å². The number of nitrogens with zero attached hydrogens (tertiary/aromatic N) is 4. The van der Waals surface area contributed by atoms with E-state index in [4.69, 9.17) is 27.9 Å². The van der Waals surface area contributed by atoms with Gasteiger partial charge in [0.15, 0.2) is 4.34 Å². The number of non-ortho nitro benzene ring substituents is 1. The first-order valence-corrected chi connectivity index (χ1v) is 8.91. The predicted molar refractivity (Wildman–Crippen MR) is 90.2 cm³/mol. The minimum absolute atomic E-state index is 0.143. The normalized spacial score (nSPS) is 15.0. The summed E-state index contributed by atoms with van der Waals surface area (Å²) in [6.07, 6.45) is 0. The van der Waals surface area contributed by atoms with Gasteiger partial charge >= 0.3 is 0 Å². The molecule has 1 saturated heterocycles. The molecule has 1 fully saturated rings. The van der Waals surface area contributed by atoms with Crippen molar-refractivity contribution >= 4 is 57.1 Å². The first-order chi connectivity index (χ1) is 11.0. The fourth-order valence-corrected chi connectivity index (χ4v) is 4.51. The Labute approximate surface area is 149 Å². The summed E-state index contributed by atoms with van der Waals surface area (Å²) in [5, 5.41) is 20.3. The molecule has 0 bridgehead atoms. The summed E-state index contributed by atoms with van der Waals surface area (Å²) < 4.78 is 5.98. The molecular formula is C12H10Cl2N4O3S2. The van der Waals surface area contributed by atoms with E-state index in [9.17, 15) is 10.1 Å². The second kappa shape index (κ2) is 7.18. The van der Waals surface area contributed by atoms with Crippen LogP contribution in [0, 0.1) is 10.1 Å². The van der Waals surface area contributed by atoms with Gasteiger partial charge in [-0.3, -0.25) is 10.1 Å². The molecule has 0 amide bonds. The van der Waals surface area contributed by atoms with Crippen molar-refractivity contribution in [1.82, 2.24) is 10.2 Å². The van der Waals surface area contributed by atoms with Crippen molar-refractivity contribution in [2.45, 2.75) is 9.24 Å². The molecular weight excluding hydrogens is 383 g/mol. The van der Waals surface area contributed by atoms with E-state index in [0.29, 0.717) is 22.4 Å². The average molecular weight is 393 g/mol. The van der Waals surface area contributed by atoms with Crippen LogP contribution >= 0.6 is 46.3 Å². The lowest BCUT2D eigenvalue weighted by molar-refractivity contribution is -0.384.